The van der Waals surface area contributed by atoms with E-state index in [1.54, 1.807) is 14.2 Å². The summed E-state index contributed by atoms with van der Waals surface area (Å²) in [6, 6.07) is 14.1. The molecule has 6 nitrogen and oxygen atoms in total. The number of hydrogen-bond donors (Lipinski definition) is 0. The van der Waals surface area contributed by atoms with E-state index in [0.717, 1.165) is 40.9 Å². The minimum atomic E-state index is 0.258. The third kappa shape index (κ3) is 3.77. The number of benzene rings is 2. The molecule has 146 valence electrons. The van der Waals surface area contributed by atoms with Gasteiger partial charge in [0.2, 0.25) is 11.7 Å². The van der Waals surface area contributed by atoms with E-state index in [9.17, 15) is 0 Å². The van der Waals surface area contributed by atoms with E-state index in [2.05, 4.69) is 37.0 Å². The summed E-state index contributed by atoms with van der Waals surface area (Å²) in [6.45, 7) is 1.58. The van der Waals surface area contributed by atoms with E-state index < -0.39 is 0 Å². The summed E-state index contributed by atoms with van der Waals surface area (Å²) in [4.78, 5) is 6.97. The van der Waals surface area contributed by atoms with Gasteiger partial charge in [-0.3, -0.25) is 4.90 Å². The molecule has 0 N–H and O–H groups in total. The molecule has 1 aromatic heterocycles. The first-order valence-electron chi connectivity index (χ1n) is 9.23. The number of likely N-dealkylation sites (tertiary alicyclic amines) is 1. The Morgan fingerprint density at radius 2 is 1.96 bits per heavy atom. The van der Waals surface area contributed by atoms with Gasteiger partial charge in [-0.2, -0.15) is 4.98 Å². The highest BCUT2D eigenvalue weighted by atomic mass is 79.9. The molecule has 28 heavy (non-hydrogen) atoms. The minimum Gasteiger partial charge on any atom is -0.496 e. The molecule has 0 saturated carbocycles. The molecule has 1 aliphatic heterocycles. The average molecular weight is 444 g/mol. The number of methoxy groups -OCH3 is 2. The molecule has 2 aromatic carbocycles. The number of ether oxygens (including phenoxy) is 2. The SMILES string of the molecule is COc1ccccc1-c1noc(CN2CCCC2c2cc(Br)ccc2OC)n1. The van der Waals surface area contributed by atoms with Gasteiger partial charge in [0.15, 0.2) is 0 Å². The zero-order chi connectivity index (χ0) is 19.5. The van der Waals surface area contributed by atoms with Crippen molar-refractivity contribution >= 4 is 15.9 Å². The molecule has 1 unspecified atom stereocenters. The van der Waals surface area contributed by atoms with Crippen LogP contribution in [-0.2, 0) is 6.54 Å². The van der Waals surface area contributed by atoms with E-state index in [4.69, 9.17) is 14.0 Å². The van der Waals surface area contributed by atoms with Crippen molar-refractivity contribution in [1.29, 1.82) is 0 Å². The van der Waals surface area contributed by atoms with Crippen LogP contribution in [0.3, 0.4) is 0 Å². The summed E-state index contributed by atoms with van der Waals surface area (Å²) < 4.78 is 17.6. The van der Waals surface area contributed by atoms with Crippen molar-refractivity contribution in [2.75, 3.05) is 20.8 Å². The smallest absolute Gasteiger partial charge is 0.241 e. The van der Waals surface area contributed by atoms with Gasteiger partial charge in [-0.1, -0.05) is 33.2 Å². The predicted molar refractivity (Wildman–Crippen MR) is 109 cm³/mol. The minimum absolute atomic E-state index is 0.258. The van der Waals surface area contributed by atoms with E-state index in [1.807, 2.05) is 36.4 Å². The Hall–Kier alpha value is -2.38. The predicted octanol–water partition coefficient (Wildman–Crippen LogP) is 4.85. The molecule has 0 spiro atoms. The van der Waals surface area contributed by atoms with Crippen LogP contribution in [0.4, 0.5) is 0 Å². The number of halogens is 1. The fourth-order valence-corrected chi connectivity index (χ4v) is 4.14. The molecule has 1 saturated heterocycles. The molecular weight excluding hydrogens is 422 g/mol. The van der Waals surface area contributed by atoms with Gasteiger partial charge in [0.1, 0.15) is 11.5 Å². The largest absolute Gasteiger partial charge is 0.496 e. The summed E-state index contributed by atoms with van der Waals surface area (Å²) in [6.07, 6.45) is 2.19. The van der Waals surface area contributed by atoms with Crippen LogP contribution in [-0.4, -0.2) is 35.8 Å². The first-order valence-corrected chi connectivity index (χ1v) is 10.0. The van der Waals surface area contributed by atoms with Crippen molar-refractivity contribution < 1.29 is 14.0 Å². The Balaban J connectivity index is 1.56. The van der Waals surface area contributed by atoms with Crippen LogP contribution in [0.1, 0.15) is 30.3 Å². The second-order valence-corrected chi connectivity index (χ2v) is 7.64. The lowest BCUT2D eigenvalue weighted by molar-refractivity contribution is 0.209. The molecule has 2 heterocycles. The molecule has 1 fully saturated rings. The molecule has 0 bridgehead atoms. The highest BCUT2D eigenvalue weighted by Crippen LogP contribution is 2.39. The summed E-state index contributed by atoms with van der Waals surface area (Å²) in [5.74, 6) is 2.78. The molecule has 3 aromatic rings. The molecule has 1 atom stereocenters. The fraction of sp³-hybridized carbons (Fsp3) is 0.333. The molecule has 7 heteroatoms. The van der Waals surface area contributed by atoms with Crippen molar-refractivity contribution in [2.24, 2.45) is 0 Å². The molecule has 1 aliphatic rings. The zero-order valence-electron chi connectivity index (χ0n) is 15.9. The highest BCUT2D eigenvalue weighted by molar-refractivity contribution is 9.10. The number of rotatable bonds is 6. The Labute approximate surface area is 172 Å². The summed E-state index contributed by atoms with van der Waals surface area (Å²) in [5, 5.41) is 4.16. The van der Waals surface area contributed by atoms with Crippen LogP contribution in [0.2, 0.25) is 0 Å². The maximum atomic E-state index is 5.59. The van der Waals surface area contributed by atoms with Crippen LogP contribution in [0.25, 0.3) is 11.4 Å². The Morgan fingerprint density at radius 3 is 2.79 bits per heavy atom. The van der Waals surface area contributed by atoms with Crippen LogP contribution in [0, 0.1) is 0 Å². The number of aromatic nitrogens is 2. The monoisotopic (exact) mass is 443 g/mol. The van der Waals surface area contributed by atoms with E-state index in [-0.39, 0.29) is 6.04 Å². The van der Waals surface area contributed by atoms with Crippen molar-refractivity contribution in [2.45, 2.75) is 25.4 Å². The van der Waals surface area contributed by atoms with Crippen LogP contribution in [0.5, 0.6) is 11.5 Å². The molecule has 0 amide bonds. The Bertz CT molecular complexity index is 960. The Morgan fingerprint density at radius 1 is 1.14 bits per heavy atom. The van der Waals surface area contributed by atoms with Crippen molar-refractivity contribution in [3.63, 3.8) is 0 Å². The zero-order valence-corrected chi connectivity index (χ0v) is 17.5. The summed E-state index contributed by atoms with van der Waals surface area (Å²) in [7, 11) is 3.35. The van der Waals surface area contributed by atoms with Crippen molar-refractivity contribution in [3.8, 4) is 22.9 Å². The van der Waals surface area contributed by atoms with Gasteiger partial charge in [0, 0.05) is 16.1 Å². The number of para-hydroxylation sites is 1. The van der Waals surface area contributed by atoms with Gasteiger partial charge >= 0.3 is 0 Å². The maximum absolute atomic E-state index is 5.59. The number of hydrogen-bond acceptors (Lipinski definition) is 6. The third-order valence-corrected chi connectivity index (χ3v) is 5.56. The lowest BCUT2D eigenvalue weighted by Crippen LogP contribution is -2.23. The molecular formula is C21H22BrN3O3. The number of nitrogens with zero attached hydrogens (tertiary/aromatic N) is 3. The first-order chi connectivity index (χ1) is 13.7. The standard InChI is InChI=1S/C21H22BrN3O3/c1-26-18-8-4-3-6-15(18)21-23-20(28-24-21)13-25-11-5-7-17(25)16-12-14(22)9-10-19(16)27-2/h3-4,6,8-10,12,17H,5,7,11,13H2,1-2H3. The fourth-order valence-electron chi connectivity index (χ4n) is 3.76. The maximum Gasteiger partial charge on any atom is 0.241 e. The quantitative estimate of drug-likeness (QED) is 0.542. The second kappa shape index (κ2) is 8.32. The highest BCUT2D eigenvalue weighted by Gasteiger charge is 2.30. The third-order valence-electron chi connectivity index (χ3n) is 5.07. The summed E-state index contributed by atoms with van der Waals surface area (Å²) in [5.41, 5.74) is 2.01. The van der Waals surface area contributed by atoms with Crippen LogP contribution < -0.4 is 9.47 Å². The van der Waals surface area contributed by atoms with Gasteiger partial charge in [-0.05, 0) is 49.7 Å². The van der Waals surface area contributed by atoms with Gasteiger partial charge in [0.25, 0.3) is 0 Å². The van der Waals surface area contributed by atoms with Gasteiger partial charge in [-0.15, -0.1) is 0 Å². The van der Waals surface area contributed by atoms with E-state index in [0.29, 0.717) is 18.3 Å². The topological polar surface area (TPSA) is 60.6 Å². The second-order valence-electron chi connectivity index (χ2n) is 6.73. The molecule has 4 rings (SSSR count). The van der Waals surface area contributed by atoms with Crippen LogP contribution in [0.15, 0.2) is 51.5 Å². The van der Waals surface area contributed by atoms with Gasteiger partial charge in [0.05, 0.1) is 26.3 Å². The van der Waals surface area contributed by atoms with Gasteiger partial charge < -0.3 is 14.0 Å². The molecule has 0 radical (unpaired) electrons. The van der Waals surface area contributed by atoms with Crippen molar-refractivity contribution in [3.05, 3.63) is 58.4 Å². The van der Waals surface area contributed by atoms with Crippen LogP contribution >= 0.6 is 15.9 Å². The average Bonchev–Trinajstić information content (AvgIpc) is 3.38. The first kappa shape index (κ1) is 19.0. The Kier molecular flexibility index (Phi) is 5.64. The summed E-state index contributed by atoms with van der Waals surface area (Å²) >= 11 is 3.58. The lowest BCUT2D eigenvalue weighted by Gasteiger charge is -2.24. The molecule has 0 aliphatic carbocycles. The van der Waals surface area contributed by atoms with Gasteiger partial charge in [-0.25, -0.2) is 0 Å². The lowest BCUT2D eigenvalue weighted by atomic mass is 10.0. The van der Waals surface area contributed by atoms with Crippen molar-refractivity contribution in [1.82, 2.24) is 15.0 Å². The van der Waals surface area contributed by atoms with E-state index >= 15 is 0 Å². The normalized spacial score (nSPS) is 17.0. The van der Waals surface area contributed by atoms with E-state index in [1.165, 1.54) is 5.56 Å².